The van der Waals surface area contributed by atoms with E-state index in [-0.39, 0.29) is 5.41 Å². The molecule has 0 bridgehead atoms. The minimum Gasteiger partial charge on any atom is -0.377 e. The van der Waals surface area contributed by atoms with Gasteiger partial charge in [0.1, 0.15) is 0 Å². The molecule has 23 heavy (non-hydrogen) atoms. The predicted octanol–water partition coefficient (Wildman–Crippen LogP) is 3.23. The normalized spacial score (nSPS) is 30.4. The van der Waals surface area contributed by atoms with Crippen LogP contribution in [0.4, 0.5) is 0 Å². The van der Waals surface area contributed by atoms with Gasteiger partial charge in [-0.1, -0.05) is 27.7 Å². The number of thioether (sulfide) groups is 1. The number of ether oxygens (including phenoxy) is 1. The van der Waals surface area contributed by atoms with E-state index in [1.807, 2.05) is 7.05 Å². The Labute approximate surface area is 146 Å². The molecule has 4 nitrogen and oxygen atoms in total. The van der Waals surface area contributed by atoms with Crippen LogP contribution in [-0.4, -0.2) is 61.3 Å². The lowest BCUT2D eigenvalue weighted by Gasteiger charge is -2.41. The van der Waals surface area contributed by atoms with Gasteiger partial charge < -0.3 is 15.0 Å². The van der Waals surface area contributed by atoms with E-state index in [2.05, 4.69) is 54.7 Å². The van der Waals surface area contributed by atoms with E-state index in [1.54, 1.807) is 0 Å². The molecule has 134 valence electrons. The quantitative estimate of drug-likeness (QED) is 0.632. The maximum Gasteiger partial charge on any atom is 0.193 e. The molecule has 2 fully saturated rings. The summed E-state index contributed by atoms with van der Waals surface area (Å²) in [6, 6.07) is 0. The molecule has 0 saturated carbocycles. The Balaban J connectivity index is 1.91. The van der Waals surface area contributed by atoms with Gasteiger partial charge in [-0.15, -0.1) is 0 Å². The lowest BCUT2D eigenvalue weighted by Crippen LogP contribution is -2.51. The van der Waals surface area contributed by atoms with Gasteiger partial charge in [0.05, 0.1) is 6.10 Å². The van der Waals surface area contributed by atoms with Crippen LogP contribution in [0.5, 0.6) is 0 Å². The molecular formula is C18H35N3OS. The Morgan fingerprint density at radius 2 is 2.17 bits per heavy atom. The molecule has 0 radical (unpaired) electrons. The molecule has 2 saturated heterocycles. The molecule has 0 aromatic carbocycles. The molecule has 3 unspecified atom stereocenters. The second-order valence-corrected chi connectivity index (χ2v) is 9.24. The van der Waals surface area contributed by atoms with E-state index in [0.29, 0.717) is 12.0 Å². The van der Waals surface area contributed by atoms with Gasteiger partial charge in [-0.3, -0.25) is 4.99 Å². The van der Waals surface area contributed by atoms with Crippen LogP contribution >= 0.6 is 11.8 Å². The highest BCUT2D eigenvalue weighted by Crippen LogP contribution is 2.33. The van der Waals surface area contributed by atoms with Crippen molar-refractivity contribution < 1.29 is 4.74 Å². The van der Waals surface area contributed by atoms with Gasteiger partial charge in [0.15, 0.2) is 5.96 Å². The number of hydrogen-bond donors (Lipinski definition) is 1. The minimum absolute atomic E-state index is 0.200. The van der Waals surface area contributed by atoms with Gasteiger partial charge in [0.2, 0.25) is 0 Å². The van der Waals surface area contributed by atoms with Gasteiger partial charge >= 0.3 is 0 Å². The minimum atomic E-state index is 0.200. The van der Waals surface area contributed by atoms with E-state index in [0.717, 1.165) is 37.5 Å². The van der Waals surface area contributed by atoms with Crippen LogP contribution in [-0.2, 0) is 4.74 Å². The number of nitrogens with zero attached hydrogens (tertiary/aromatic N) is 2. The molecule has 3 atom stereocenters. The lowest BCUT2D eigenvalue weighted by molar-refractivity contribution is -0.0836. The van der Waals surface area contributed by atoms with Crippen molar-refractivity contribution in [2.75, 3.05) is 39.0 Å². The van der Waals surface area contributed by atoms with Crippen LogP contribution in [0.3, 0.4) is 0 Å². The third kappa shape index (κ3) is 5.28. The third-order valence-corrected chi connectivity index (χ3v) is 6.30. The maximum atomic E-state index is 6.10. The molecule has 2 aliphatic rings. The highest BCUT2D eigenvalue weighted by molar-refractivity contribution is 8.00. The van der Waals surface area contributed by atoms with Crippen molar-refractivity contribution in [2.45, 2.75) is 58.3 Å². The van der Waals surface area contributed by atoms with Gasteiger partial charge in [-0.2, -0.15) is 11.8 Å². The van der Waals surface area contributed by atoms with Crippen molar-refractivity contribution in [2.24, 2.45) is 16.3 Å². The summed E-state index contributed by atoms with van der Waals surface area (Å²) in [5.41, 5.74) is 0.200. The highest BCUT2D eigenvalue weighted by atomic mass is 32.2. The second kappa shape index (κ2) is 8.61. The summed E-state index contributed by atoms with van der Waals surface area (Å²) < 4.78 is 6.10. The molecule has 2 rings (SSSR count). The summed E-state index contributed by atoms with van der Waals surface area (Å²) in [4.78, 5) is 6.96. The lowest BCUT2D eigenvalue weighted by atomic mass is 9.78. The fourth-order valence-electron chi connectivity index (χ4n) is 3.72. The van der Waals surface area contributed by atoms with Crippen molar-refractivity contribution in [1.29, 1.82) is 0 Å². The molecule has 2 aliphatic heterocycles. The van der Waals surface area contributed by atoms with Crippen molar-refractivity contribution in [3.8, 4) is 0 Å². The first kappa shape index (κ1) is 18.9. The number of rotatable bonds is 3. The first-order chi connectivity index (χ1) is 11.0. The fraction of sp³-hybridized carbons (Fsp3) is 0.944. The van der Waals surface area contributed by atoms with Crippen LogP contribution in [0.1, 0.15) is 47.0 Å². The molecule has 0 aromatic rings. The van der Waals surface area contributed by atoms with Crippen molar-refractivity contribution in [3.05, 3.63) is 0 Å². The molecular weight excluding hydrogens is 306 g/mol. The monoisotopic (exact) mass is 341 g/mol. The molecule has 5 heteroatoms. The number of guanidine groups is 1. The molecule has 0 amide bonds. The highest BCUT2D eigenvalue weighted by Gasteiger charge is 2.35. The Morgan fingerprint density at radius 1 is 1.39 bits per heavy atom. The first-order valence-corrected chi connectivity index (χ1v) is 10.2. The van der Waals surface area contributed by atoms with Gasteiger partial charge in [-0.25, -0.2) is 0 Å². The molecule has 0 spiro atoms. The average molecular weight is 342 g/mol. The topological polar surface area (TPSA) is 36.9 Å². The Hall–Kier alpha value is -0.420. The van der Waals surface area contributed by atoms with Crippen LogP contribution in [0, 0.1) is 11.3 Å². The van der Waals surface area contributed by atoms with Crippen LogP contribution in [0.25, 0.3) is 0 Å². The molecule has 0 aliphatic carbocycles. The third-order valence-electron chi connectivity index (χ3n) is 4.93. The van der Waals surface area contributed by atoms with Gasteiger partial charge in [0.25, 0.3) is 0 Å². The summed E-state index contributed by atoms with van der Waals surface area (Å²) in [6.07, 6.45) is 4.00. The van der Waals surface area contributed by atoms with Crippen molar-refractivity contribution in [3.63, 3.8) is 0 Å². The summed E-state index contributed by atoms with van der Waals surface area (Å²) in [5, 5.41) is 4.38. The van der Waals surface area contributed by atoms with E-state index in [4.69, 9.17) is 4.74 Å². The number of nitrogens with one attached hydrogen (secondary N) is 1. The largest absolute Gasteiger partial charge is 0.377 e. The van der Waals surface area contributed by atoms with E-state index in [1.165, 1.54) is 25.0 Å². The van der Waals surface area contributed by atoms with Crippen molar-refractivity contribution in [1.82, 2.24) is 10.2 Å². The zero-order valence-corrected chi connectivity index (χ0v) is 16.4. The van der Waals surface area contributed by atoms with Crippen LogP contribution in [0.2, 0.25) is 0 Å². The molecule has 1 N–H and O–H groups in total. The summed E-state index contributed by atoms with van der Waals surface area (Å²) >= 11 is 2.10. The summed E-state index contributed by atoms with van der Waals surface area (Å²) in [5.74, 6) is 2.85. The zero-order valence-electron chi connectivity index (χ0n) is 15.6. The van der Waals surface area contributed by atoms with Gasteiger partial charge in [-0.05, 0) is 24.7 Å². The fourth-order valence-corrected chi connectivity index (χ4v) is 4.90. The smallest absolute Gasteiger partial charge is 0.193 e. The number of hydrogen-bond acceptors (Lipinski definition) is 3. The standard InChI is InChI=1S/C18H35N3OS/c1-6-15-13-21(9-11-23-15)17(19-5)20-12-14-8-7-10-22-16(14)18(2,3)4/h14-16H,6-13H2,1-5H3,(H,19,20). The van der Waals surface area contributed by atoms with E-state index < -0.39 is 0 Å². The second-order valence-electron chi connectivity index (χ2n) is 7.83. The molecule has 0 aromatic heterocycles. The average Bonchev–Trinajstić information content (AvgIpc) is 2.55. The number of aliphatic imine (C=N–C) groups is 1. The van der Waals surface area contributed by atoms with Gasteiger partial charge in [0, 0.05) is 50.2 Å². The maximum absolute atomic E-state index is 6.10. The Kier molecular flexibility index (Phi) is 7.08. The SMILES string of the molecule is CCC1CN(C(=NC)NCC2CCCOC2C(C)(C)C)CCS1. The van der Waals surface area contributed by atoms with Crippen molar-refractivity contribution >= 4 is 17.7 Å². The Bertz CT molecular complexity index is 394. The predicted molar refractivity (Wildman–Crippen MR) is 101 cm³/mol. The summed E-state index contributed by atoms with van der Waals surface area (Å²) in [6.45, 7) is 13.2. The molecule has 2 heterocycles. The zero-order chi connectivity index (χ0) is 16.9. The van der Waals surface area contributed by atoms with Crippen LogP contribution in [0.15, 0.2) is 4.99 Å². The van der Waals surface area contributed by atoms with Crippen LogP contribution < -0.4 is 5.32 Å². The summed E-state index contributed by atoms with van der Waals surface area (Å²) in [7, 11) is 1.91. The van der Waals surface area contributed by atoms with E-state index >= 15 is 0 Å². The Morgan fingerprint density at radius 3 is 2.83 bits per heavy atom. The first-order valence-electron chi connectivity index (χ1n) is 9.14. The van der Waals surface area contributed by atoms with E-state index in [9.17, 15) is 0 Å².